The van der Waals surface area contributed by atoms with Gasteiger partial charge >= 0.3 is 17.4 Å². The Kier molecular flexibility index (Phi) is 20.1. The normalized spacial score (nSPS) is 21.1. The van der Waals surface area contributed by atoms with Gasteiger partial charge in [0.15, 0.2) is 0 Å². The van der Waals surface area contributed by atoms with Crippen LogP contribution < -0.4 is 14.7 Å². The Labute approximate surface area is 161 Å². The van der Waals surface area contributed by atoms with Crippen LogP contribution >= 0.6 is 22.8 Å². The standard InChI is InChI=1S/3C4H11O3P.Al/c3*1-3-4(2)8(5,6)7;/h3*4H,3H2,1-2H3,(H2,5,6,7);/q;;;+3/p-3. The van der Waals surface area contributed by atoms with E-state index in [9.17, 15) is 28.4 Å². The SMILES string of the molecule is CCC(C)P(=O)([O-])O.CCC(C)P(=O)([O-])O.CCC(C)P(=O)([O-])O.[Al+3]. The Morgan fingerprint density at radius 1 is 0.640 bits per heavy atom. The van der Waals surface area contributed by atoms with Gasteiger partial charge in [-0.1, -0.05) is 41.5 Å². The van der Waals surface area contributed by atoms with E-state index in [1.807, 2.05) is 0 Å². The van der Waals surface area contributed by atoms with Gasteiger partial charge in [-0.05, 0) is 19.3 Å². The first-order valence-corrected chi connectivity index (χ1v) is 12.5. The summed E-state index contributed by atoms with van der Waals surface area (Å²) in [6.07, 6.45) is 1.41. The molecule has 0 radical (unpaired) electrons. The second-order valence-electron chi connectivity index (χ2n) is 5.46. The van der Waals surface area contributed by atoms with Gasteiger partial charge in [-0.3, -0.25) is 0 Å². The zero-order valence-electron chi connectivity index (χ0n) is 15.6. The van der Waals surface area contributed by atoms with E-state index in [-0.39, 0.29) is 17.4 Å². The predicted molar refractivity (Wildman–Crippen MR) is 94.5 cm³/mol. The second-order valence-corrected chi connectivity index (χ2v) is 11.5. The number of hydrogen-bond donors (Lipinski definition) is 3. The largest absolute Gasteiger partial charge is 3.00 e. The molecule has 0 saturated carbocycles. The molecule has 0 amide bonds. The van der Waals surface area contributed by atoms with Crippen LogP contribution in [0.3, 0.4) is 0 Å². The summed E-state index contributed by atoms with van der Waals surface area (Å²) in [6, 6.07) is 0. The topological polar surface area (TPSA) is 181 Å². The summed E-state index contributed by atoms with van der Waals surface area (Å²) in [5.41, 5.74) is -1.78. The van der Waals surface area contributed by atoms with E-state index in [2.05, 4.69) is 0 Å². The summed E-state index contributed by atoms with van der Waals surface area (Å²) >= 11 is 0. The number of rotatable bonds is 6. The van der Waals surface area contributed by atoms with Gasteiger partial charge in [-0.15, -0.1) is 0 Å². The molecule has 0 rings (SSSR count). The Morgan fingerprint density at radius 2 is 0.760 bits per heavy atom. The molecule has 0 fully saturated rings. The maximum atomic E-state index is 10.1. The summed E-state index contributed by atoms with van der Waals surface area (Å²) in [7, 11) is -12.0. The van der Waals surface area contributed by atoms with Gasteiger partial charge in [-0.2, -0.15) is 0 Å². The van der Waals surface area contributed by atoms with Crippen molar-refractivity contribution in [2.24, 2.45) is 0 Å². The third kappa shape index (κ3) is 21.1. The minimum absolute atomic E-state index is 0. The average molecular weight is 438 g/mol. The van der Waals surface area contributed by atoms with Crippen molar-refractivity contribution in [2.75, 3.05) is 0 Å². The van der Waals surface area contributed by atoms with Crippen LogP contribution in [-0.2, 0) is 13.7 Å². The molecule has 0 aromatic carbocycles. The van der Waals surface area contributed by atoms with Crippen molar-refractivity contribution in [3.63, 3.8) is 0 Å². The van der Waals surface area contributed by atoms with Crippen molar-refractivity contribution in [3.05, 3.63) is 0 Å². The van der Waals surface area contributed by atoms with Crippen molar-refractivity contribution in [1.82, 2.24) is 0 Å². The van der Waals surface area contributed by atoms with Crippen LogP contribution in [0.1, 0.15) is 60.8 Å². The molecule has 9 nitrogen and oxygen atoms in total. The minimum atomic E-state index is -4.01. The molecule has 0 aliphatic rings. The third-order valence-corrected chi connectivity index (χ3v) is 7.88. The third-order valence-electron chi connectivity index (χ3n) is 3.44. The van der Waals surface area contributed by atoms with Crippen LogP contribution in [-0.4, -0.2) is 49.0 Å². The number of hydrogen-bond acceptors (Lipinski definition) is 6. The zero-order chi connectivity index (χ0) is 20.4. The molecule has 150 valence electrons. The Bertz CT molecular complexity index is 390. The fourth-order valence-corrected chi connectivity index (χ4v) is 2.08. The van der Waals surface area contributed by atoms with Crippen molar-refractivity contribution >= 4 is 40.1 Å². The molecular formula is C12H30AlO9P3. The maximum Gasteiger partial charge on any atom is 3.00 e. The van der Waals surface area contributed by atoms with Gasteiger partial charge in [-0.25, -0.2) is 0 Å². The van der Waals surface area contributed by atoms with Crippen LogP contribution in [0.5, 0.6) is 0 Å². The van der Waals surface area contributed by atoms with Crippen molar-refractivity contribution in [2.45, 2.75) is 77.8 Å². The van der Waals surface area contributed by atoms with Gasteiger partial charge in [0, 0.05) is 17.0 Å². The van der Waals surface area contributed by atoms with E-state index in [0.29, 0.717) is 19.3 Å². The molecule has 25 heavy (non-hydrogen) atoms. The van der Waals surface area contributed by atoms with Crippen LogP contribution in [0.4, 0.5) is 0 Å². The monoisotopic (exact) mass is 438 g/mol. The van der Waals surface area contributed by atoms with Gasteiger partial charge < -0.3 is 43.1 Å². The molecule has 13 heteroatoms. The molecule has 6 unspecified atom stereocenters. The zero-order valence-corrected chi connectivity index (χ0v) is 19.4. The van der Waals surface area contributed by atoms with E-state index in [1.54, 1.807) is 20.8 Å². The Balaban J connectivity index is -0.000000130. The molecule has 6 atom stereocenters. The molecular weight excluding hydrogens is 408 g/mol. The van der Waals surface area contributed by atoms with Gasteiger partial charge in [0.1, 0.15) is 22.8 Å². The van der Waals surface area contributed by atoms with E-state index >= 15 is 0 Å². The Morgan fingerprint density at radius 3 is 0.760 bits per heavy atom. The van der Waals surface area contributed by atoms with Crippen molar-refractivity contribution < 1.29 is 43.1 Å². The molecule has 0 aliphatic carbocycles. The molecule has 0 bridgehead atoms. The summed E-state index contributed by atoms with van der Waals surface area (Å²) in [5.74, 6) is 0. The van der Waals surface area contributed by atoms with Gasteiger partial charge in [0.05, 0.1) is 0 Å². The van der Waals surface area contributed by atoms with Crippen LogP contribution in [0, 0.1) is 0 Å². The fourth-order valence-electron chi connectivity index (χ4n) is 0.692. The summed E-state index contributed by atoms with van der Waals surface area (Å²) in [6.45, 7) is 9.58. The molecule has 0 saturated heterocycles. The molecule has 0 aromatic heterocycles. The second kappa shape index (κ2) is 15.0. The van der Waals surface area contributed by atoms with Crippen molar-refractivity contribution in [1.29, 1.82) is 0 Å². The molecule has 0 spiro atoms. The van der Waals surface area contributed by atoms with Crippen LogP contribution in [0.15, 0.2) is 0 Å². The summed E-state index contributed by atoms with van der Waals surface area (Å²) in [5, 5.41) is 0. The molecule has 0 heterocycles. The van der Waals surface area contributed by atoms with E-state index < -0.39 is 39.8 Å². The smallest absolute Gasteiger partial charge is 0.778 e. The average Bonchev–Trinajstić information content (AvgIpc) is 2.42. The van der Waals surface area contributed by atoms with Crippen molar-refractivity contribution in [3.8, 4) is 0 Å². The quantitative estimate of drug-likeness (QED) is 0.395. The molecule has 3 N–H and O–H groups in total. The van der Waals surface area contributed by atoms with E-state index in [0.717, 1.165) is 0 Å². The first-order valence-electron chi connectivity index (χ1n) is 7.55. The van der Waals surface area contributed by atoms with Gasteiger partial charge in [0.2, 0.25) is 0 Å². The first-order chi connectivity index (χ1) is 10.4. The molecule has 0 aliphatic heterocycles. The summed E-state index contributed by atoms with van der Waals surface area (Å²) in [4.78, 5) is 55.3. The predicted octanol–water partition coefficient (Wildman–Crippen LogP) is 0.611. The molecule has 0 aromatic rings. The maximum absolute atomic E-state index is 10.1. The fraction of sp³-hybridized carbons (Fsp3) is 1.00. The summed E-state index contributed by atoms with van der Waals surface area (Å²) < 4.78 is 30.4. The Hall–Kier alpha value is 0.982. The van der Waals surface area contributed by atoms with Gasteiger partial charge in [0.25, 0.3) is 0 Å². The first kappa shape index (κ1) is 33.6. The minimum Gasteiger partial charge on any atom is -0.778 e. The van der Waals surface area contributed by atoms with Crippen LogP contribution in [0.25, 0.3) is 0 Å². The van der Waals surface area contributed by atoms with E-state index in [1.165, 1.54) is 20.8 Å². The van der Waals surface area contributed by atoms with Crippen LogP contribution in [0.2, 0.25) is 0 Å². The van der Waals surface area contributed by atoms with E-state index in [4.69, 9.17) is 14.7 Å².